The maximum absolute atomic E-state index is 14.2. The number of aliphatic carboxylic acids is 1. The van der Waals surface area contributed by atoms with Crippen LogP contribution in [0.3, 0.4) is 0 Å². The van der Waals surface area contributed by atoms with E-state index in [1.807, 2.05) is 13.0 Å². The number of hydrogen-bond acceptors (Lipinski definition) is 7. The fraction of sp³-hybridized carbons (Fsp3) is 0.609. The summed E-state index contributed by atoms with van der Waals surface area (Å²) in [6.07, 6.45) is 1.48. The summed E-state index contributed by atoms with van der Waals surface area (Å²) >= 11 is 0. The molecule has 3 rings (SSSR count). The number of nitrogens with two attached hydrogens (primary N) is 3. The van der Waals surface area contributed by atoms with Crippen LogP contribution in [0.5, 0.6) is 0 Å². The molecule has 11 nitrogen and oxygen atoms in total. The Hall–Kier alpha value is -2.86. The Morgan fingerprint density at radius 1 is 1.29 bits per heavy atom. The second kappa shape index (κ2) is 10.4. The van der Waals surface area contributed by atoms with E-state index in [-0.39, 0.29) is 42.7 Å². The Balaban J connectivity index is 2.04. The maximum atomic E-state index is 14.2. The van der Waals surface area contributed by atoms with Crippen LogP contribution in [0, 0.1) is 11.8 Å². The van der Waals surface area contributed by atoms with Gasteiger partial charge in [-0.2, -0.15) is 0 Å². The number of nitrogens with one attached hydrogen (secondary N) is 1. The number of guanidine groups is 1. The molecule has 0 spiro atoms. The molecule has 12 heteroatoms. The molecule has 0 aliphatic carbocycles. The summed E-state index contributed by atoms with van der Waals surface area (Å²) in [7, 11) is -4.55. The van der Waals surface area contributed by atoms with Gasteiger partial charge in [-0.15, -0.1) is 0 Å². The van der Waals surface area contributed by atoms with Crippen LogP contribution in [0.2, 0.25) is 0 Å². The van der Waals surface area contributed by atoms with Gasteiger partial charge in [0, 0.05) is 19.6 Å². The zero-order valence-corrected chi connectivity index (χ0v) is 21.1. The molecule has 0 bridgehead atoms. The first-order valence-corrected chi connectivity index (χ1v) is 13.4. The molecule has 35 heavy (non-hydrogen) atoms. The van der Waals surface area contributed by atoms with E-state index in [0.29, 0.717) is 37.4 Å². The number of aliphatic imine (C=N–C) groups is 1. The van der Waals surface area contributed by atoms with Crippen LogP contribution < -0.4 is 22.5 Å². The topological polar surface area (TPSA) is 194 Å². The highest BCUT2D eigenvalue weighted by molar-refractivity contribution is 7.93. The van der Waals surface area contributed by atoms with Gasteiger partial charge in [0.2, 0.25) is 20.6 Å². The van der Waals surface area contributed by atoms with Crippen LogP contribution in [0.15, 0.2) is 28.1 Å². The van der Waals surface area contributed by atoms with E-state index >= 15 is 0 Å². The number of hydrogen-bond donors (Lipinski definition) is 5. The highest BCUT2D eigenvalue weighted by Gasteiger charge is 2.61. The number of anilines is 1. The van der Waals surface area contributed by atoms with Crippen molar-refractivity contribution in [2.75, 3.05) is 25.0 Å². The zero-order chi connectivity index (χ0) is 26.0. The highest BCUT2D eigenvalue weighted by atomic mass is 32.2. The van der Waals surface area contributed by atoms with E-state index in [1.165, 1.54) is 6.07 Å². The first-order valence-electron chi connectivity index (χ1n) is 11.9. The molecule has 0 aromatic heterocycles. The summed E-state index contributed by atoms with van der Waals surface area (Å²) in [6, 6.07) is 3.78. The van der Waals surface area contributed by atoms with Crippen LogP contribution in [0.1, 0.15) is 45.1 Å². The molecule has 0 saturated carbocycles. The summed E-state index contributed by atoms with van der Waals surface area (Å²) in [5, 5.41) is 13.6. The number of carboxylic acids is 1. The van der Waals surface area contributed by atoms with Crippen LogP contribution in [-0.2, 0) is 25.8 Å². The summed E-state index contributed by atoms with van der Waals surface area (Å²) in [5.74, 6) is -2.29. The van der Waals surface area contributed by atoms with Crippen molar-refractivity contribution in [3.63, 3.8) is 0 Å². The standard InChI is InChI=1S/C23H36N6O5S/c1-14-8-10-29(20(30)17(24)6-4-9-27-22(25)26)23(12-14,21(31)32)35(33,34)18-7-3-5-16-11-15(2)13-28-19(16)18/h3,5,7,14-15,17,28H,4,6,8-13,24H2,1-2H3,(H,31,32)(H4,25,26,27)/t14?,15?,17-,23?/m0/s1. The predicted molar refractivity (Wildman–Crippen MR) is 133 cm³/mol. The number of rotatable bonds is 8. The smallest absolute Gasteiger partial charge is 0.346 e. The van der Waals surface area contributed by atoms with E-state index < -0.39 is 32.6 Å². The molecule has 2 heterocycles. The van der Waals surface area contributed by atoms with Gasteiger partial charge in [-0.3, -0.25) is 9.79 Å². The van der Waals surface area contributed by atoms with Gasteiger partial charge in [0.05, 0.1) is 16.6 Å². The van der Waals surface area contributed by atoms with E-state index in [9.17, 15) is 23.1 Å². The van der Waals surface area contributed by atoms with Crippen molar-refractivity contribution < 1.29 is 23.1 Å². The van der Waals surface area contributed by atoms with Crippen LogP contribution in [0.4, 0.5) is 5.69 Å². The minimum Gasteiger partial charge on any atom is -0.479 e. The lowest BCUT2D eigenvalue weighted by Crippen LogP contribution is -2.67. The third kappa shape index (κ3) is 5.08. The second-order valence-electron chi connectivity index (χ2n) is 9.72. The molecule has 2 aliphatic heterocycles. The van der Waals surface area contributed by atoms with Gasteiger partial charge in [0.25, 0.3) is 0 Å². The van der Waals surface area contributed by atoms with Crippen molar-refractivity contribution in [2.45, 2.75) is 61.8 Å². The monoisotopic (exact) mass is 508 g/mol. The zero-order valence-electron chi connectivity index (χ0n) is 20.2. The fourth-order valence-electron chi connectivity index (χ4n) is 5.00. The average molecular weight is 509 g/mol. The van der Waals surface area contributed by atoms with Crippen molar-refractivity contribution in [2.24, 2.45) is 34.0 Å². The van der Waals surface area contributed by atoms with E-state index in [4.69, 9.17) is 17.2 Å². The first kappa shape index (κ1) is 26.7. The van der Waals surface area contributed by atoms with Gasteiger partial charge in [0.1, 0.15) is 0 Å². The molecule has 1 fully saturated rings. The third-order valence-electron chi connectivity index (χ3n) is 6.83. The molecule has 4 atom stereocenters. The predicted octanol–water partition coefficient (Wildman–Crippen LogP) is 0.485. The van der Waals surface area contributed by atoms with Crippen LogP contribution in [0.25, 0.3) is 0 Å². The number of benzene rings is 1. The van der Waals surface area contributed by atoms with E-state index in [2.05, 4.69) is 10.3 Å². The fourth-order valence-corrected chi connectivity index (χ4v) is 7.29. The molecule has 8 N–H and O–H groups in total. The minimum absolute atomic E-state index is 0.0212. The van der Waals surface area contributed by atoms with E-state index in [1.54, 1.807) is 13.0 Å². The first-order chi connectivity index (χ1) is 16.4. The summed E-state index contributed by atoms with van der Waals surface area (Å²) in [6.45, 7) is 4.65. The Bertz CT molecular complexity index is 1100. The molecule has 194 valence electrons. The van der Waals surface area contributed by atoms with Gasteiger partial charge in [-0.25, -0.2) is 13.2 Å². The molecule has 0 radical (unpaired) electrons. The Morgan fingerprint density at radius 2 is 2.00 bits per heavy atom. The number of carbonyl (C=O) groups is 2. The molecular weight excluding hydrogens is 472 g/mol. The van der Waals surface area contributed by atoms with Gasteiger partial charge in [-0.1, -0.05) is 26.0 Å². The highest BCUT2D eigenvalue weighted by Crippen LogP contribution is 2.44. The quantitative estimate of drug-likeness (QED) is 0.188. The van der Waals surface area contributed by atoms with Crippen molar-refractivity contribution in [1.29, 1.82) is 0 Å². The van der Waals surface area contributed by atoms with Crippen molar-refractivity contribution in [3.8, 4) is 0 Å². The van der Waals surface area contributed by atoms with Gasteiger partial charge >= 0.3 is 5.97 Å². The number of carbonyl (C=O) groups excluding carboxylic acids is 1. The lowest BCUT2D eigenvalue weighted by atomic mass is 9.91. The lowest BCUT2D eigenvalue weighted by Gasteiger charge is -2.46. The van der Waals surface area contributed by atoms with E-state index in [0.717, 1.165) is 10.5 Å². The molecular formula is C23H36N6O5S. The Kier molecular flexibility index (Phi) is 7.95. The number of fused-ring (bicyclic) bond motifs is 1. The van der Waals surface area contributed by atoms with Crippen molar-refractivity contribution in [3.05, 3.63) is 23.8 Å². The lowest BCUT2D eigenvalue weighted by molar-refractivity contribution is -0.157. The van der Waals surface area contributed by atoms with Crippen molar-refractivity contribution in [1.82, 2.24) is 4.90 Å². The maximum Gasteiger partial charge on any atom is 0.346 e. The average Bonchev–Trinajstić information content (AvgIpc) is 2.80. The molecule has 1 saturated heterocycles. The molecule has 3 unspecified atom stereocenters. The second-order valence-corrected chi connectivity index (χ2v) is 11.8. The van der Waals surface area contributed by atoms with Crippen molar-refractivity contribution >= 4 is 33.4 Å². The summed E-state index contributed by atoms with van der Waals surface area (Å²) in [4.78, 5) is 28.6. The number of nitrogens with zero attached hydrogens (tertiary/aromatic N) is 2. The number of likely N-dealkylation sites (tertiary alicyclic amines) is 1. The third-order valence-corrected chi connectivity index (χ3v) is 9.20. The SMILES string of the molecule is CC1CNc2c(cccc2S(=O)(=O)C2(C(=O)O)CC(C)CCN2C(=O)[C@@H](N)CCCN=C(N)N)C1. The van der Waals surface area contributed by atoms with Crippen LogP contribution in [-0.4, -0.2) is 66.8 Å². The molecule has 1 aromatic carbocycles. The molecule has 1 amide bonds. The number of sulfone groups is 1. The number of amides is 1. The summed E-state index contributed by atoms with van der Waals surface area (Å²) < 4.78 is 28.4. The number of carboxylic acid groups (broad SMARTS) is 1. The number of piperidine rings is 1. The Morgan fingerprint density at radius 3 is 2.66 bits per heavy atom. The molecule has 1 aromatic rings. The minimum atomic E-state index is -4.55. The summed E-state index contributed by atoms with van der Waals surface area (Å²) in [5.41, 5.74) is 18.0. The largest absolute Gasteiger partial charge is 0.479 e. The Labute approximate surface area is 206 Å². The van der Waals surface area contributed by atoms with Gasteiger partial charge in [-0.05, 0) is 55.6 Å². The van der Waals surface area contributed by atoms with Crippen LogP contribution >= 0.6 is 0 Å². The van der Waals surface area contributed by atoms with Gasteiger partial charge in [0.15, 0.2) is 5.96 Å². The number of para-hydroxylation sites is 1. The molecule has 2 aliphatic rings. The van der Waals surface area contributed by atoms with Gasteiger partial charge < -0.3 is 32.5 Å². The normalized spacial score (nSPS) is 25.2.